The highest BCUT2D eigenvalue weighted by Crippen LogP contribution is 2.09. The minimum absolute atomic E-state index is 0.0801. The van der Waals surface area contributed by atoms with Gasteiger partial charge in [-0.25, -0.2) is 0 Å². The molecular formula is C11H17IN2O2. The molecule has 4 nitrogen and oxygen atoms in total. The van der Waals surface area contributed by atoms with Crippen molar-refractivity contribution in [1.82, 2.24) is 10.6 Å². The summed E-state index contributed by atoms with van der Waals surface area (Å²) in [6.45, 7) is 5.24. The molecule has 0 aliphatic carbocycles. The summed E-state index contributed by atoms with van der Waals surface area (Å²) in [5.41, 5.74) is 0. The minimum atomic E-state index is 0.0801. The molecule has 0 aliphatic heterocycles. The van der Waals surface area contributed by atoms with Crippen molar-refractivity contribution < 1.29 is 9.21 Å². The minimum Gasteiger partial charge on any atom is -0.454 e. The quantitative estimate of drug-likeness (QED) is 0.616. The molecule has 0 bridgehead atoms. The van der Waals surface area contributed by atoms with Crippen LogP contribution in [-0.4, -0.2) is 18.5 Å². The first-order valence-corrected chi connectivity index (χ1v) is 6.40. The average molecular weight is 336 g/mol. The summed E-state index contributed by atoms with van der Waals surface area (Å²) in [6, 6.07) is 4.06. The zero-order chi connectivity index (χ0) is 12.0. The second-order valence-electron chi connectivity index (χ2n) is 3.85. The van der Waals surface area contributed by atoms with E-state index in [-0.39, 0.29) is 11.9 Å². The Hall–Kier alpha value is -0.560. The molecule has 0 spiro atoms. The zero-order valence-electron chi connectivity index (χ0n) is 9.55. The van der Waals surface area contributed by atoms with Gasteiger partial charge in [0.15, 0.2) is 3.77 Å². The van der Waals surface area contributed by atoms with Crippen LogP contribution in [0.1, 0.15) is 26.0 Å². The second-order valence-corrected chi connectivity index (χ2v) is 4.92. The van der Waals surface area contributed by atoms with E-state index in [1.54, 1.807) is 0 Å². The van der Waals surface area contributed by atoms with Gasteiger partial charge in [-0.15, -0.1) is 0 Å². The van der Waals surface area contributed by atoms with Gasteiger partial charge in [0.05, 0.1) is 6.54 Å². The van der Waals surface area contributed by atoms with Crippen LogP contribution in [0.5, 0.6) is 0 Å². The fourth-order valence-electron chi connectivity index (χ4n) is 1.25. The van der Waals surface area contributed by atoms with E-state index >= 15 is 0 Å². The van der Waals surface area contributed by atoms with Crippen molar-refractivity contribution >= 4 is 28.5 Å². The van der Waals surface area contributed by atoms with Crippen LogP contribution in [0.3, 0.4) is 0 Å². The number of hydrogen-bond donors (Lipinski definition) is 2. The number of rotatable bonds is 6. The molecule has 0 radical (unpaired) electrons. The van der Waals surface area contributed by atoms with E-state index in [0.717, 1.165) is 9.53 Å². The third-order valence-electron chi connectivity index (χ3n) is 1.91. The van der Waals surface area contributed by atoms with Crippen LogP contribution < -0.4 is 10.6 Å². The van der Waals surface area contributed by atoms with E-state index in [0.29, 0.717) is 19.5 Å². The summed E-state index contributed by atoms with van der Waals surface area (Å²) >= 11 is 2.13. The zero-order valence-corrected chi connectivity index (χ0v) is 11.7. The van der Waals surface area contributed by atoms with Gasteiger partial charge in [-0.2, -0.15) is 0 Å². The molecule has 0 aromatic carbocycles. The molecule has 1 rings (SSSR count). The highest BCUT2D eigenvalue weighted by molar-refractivity contribution is 14.1. The topological polar surface area (TPSA) is 54.3 Å². The standard InChI is InChI=1S/C11H17IN2O2/c1-8(2)14-11(15)5-6-13-7-9-3-4-10(12)16-9/h3-4,8,13H,5-7H2,1-2H3,(H,14,15). The molecule has 2 N–H and O–H groups in total. The largest absolute Gasteiger partial charge is 0.454 e. The van der Waals surface area contributed by atoms with E-state index in [1.807, 2.05) is 26.0 Å². The predicted octanol–water partition coefficient (Wildman–Crippen LogP) is 1.89. The van der Waals surface area contributed by atoms with Crippen molar-refractivity contribution in [3.8, 4) is 0 Å². The smallest absolute Gasteiger partial charge is 0.221 e. The Labute approximate surface area is 109 Å². The van der Waals surface area contributed by atoms with Gasteiger partial charge in [-0.1, -0.05) is 0 Å². The van der Waals surface area contributed by atoms with Crippen molar-refractivity contribution in [3.63, 3.8) is 0 Å². The summed E-state index contributed by atoms with van der Waals surface area (Å²) < 4.78 is 6.26. The normalized spacial score (nSPS) is 10.8. The molecule has 0 fully saturated rings. The Morgan fingerprint density at radius 2 is 2.25 bits per heavy atom. The lowest BCUT2D eigenvalue weighted by molar-refractivity contribution is -0.121. The van der Waals surface area contributed by atoms with E-state index in [4.69, 9.17) is 4.42 Å². The van der Waals surface area contributed by atoms with Crippen LogP contribution in [0.4, 0.5) is 0 Å². The van der Waals surface area contributed by atoms with Crippen LogP contribution in [-0.2, 0) is 11.3 Å². The van der Waals surface area contributed by atoms with Crippen molar-refractivity contribution in [2.24, 2.45) is 0 Å². The molecule has 0 atom stereocenters. The Morgan fingerprint density at radius 3 is 2.81 bits per heavy atom. The van der Waals surface area contributed by atoms with E-state index in [9.17, 15) is 4.79 Å². The lowest BCUT2D eigenvalue weighted by Gasteiger charge is -2.08. The second kappa shape index (κ2) is 6.90. The predicted molar refractivity (Wildman–Crippen MR) is 71.0 cm³/mol. The molecule has 0 saturated carbocycles. The monoisotopic (exact) mass is 336 g/mol. The third kappa shape index (κ3) is 5.50. The van der Waals surface area contributed by atoms with Gasteiger partial charge in [0, 0.05) is 19.0 Å². The van der Waals surface area contributed by atoms with Crippen molar-refractivity contribution in [1.29, 1.82) is 0 Å². The maximum absolute atomic E-state index is 11.3. The number of carbonyl (C=O) groups excluding carboxylic acids is 1. The average Bonchev–Trinajstić information content (AvgIpc) is 2.58. The molecule has 1 amide bonds. The van der Waals surface area contributed by atoms with Gasteiger partial charge >= 0.3 is 0 Å². The lowest BCUT2D eigenvalue weighted by atomic mass is 10.3. The molecule has 16 heavy (non-hydrogen) atoms. The summed E-state index contributed by atoms with van der Waals surface area (Å²) in [6.07, 6.45) is 0.496. The first-order valence-electron chi connectivity index (χ1n) is 5.32. The first kappa shape index (κ1) is 13.5. The van der Waals surface area contributed by atoms with Crippen LogP contribution in [0, 0.1) is 3.77 Å². The molecule has 90 valence electrons. The van der Waals surface area contributed by atoms with Gasteiger partial charge in [-0.05, 0) is 48.6 Å². The van der Waals surface area contributed by atoms with E-state index < -0.39 is 0 Å². The molecular weight excluding hydrogens is 319 g/mol. The Morgan fingerprint density at radius 1 is 1.50 bits per heavy atom. The Kier molecular flexibility index (Phi) is 5.83. The van der Waals surface area contributed by atoms with Crippen LogP contribution in [0.15, 0.2) is 16.5 Å². The van der Waals surface area contributed by atoms with Crippen LogP contribution in [0.2, 0.25) is 0 Å². The van der Waals surface area contributed by atoms with Gasteiger partial charge in [-0.3, -0.25) is 4.79 Å². The third-order valence-corrected chi connectivity index (χ3v) is 2.49. The summed E-state index contributed by atoms with van der Waals surface area (Å²) in [4.78, 5) is 11.3. The Bertz CT molecular complexity index is 336. The number of amides is 1. The SMILES string of the molecule is CC(C)NC(=O)CCNCc1ccc(I)o1. The fourth-order valence-corrected chi connectivity index (χ4v) is 1.72. The number of nitrogens with one attached hydrogen (secondary N) is 2. The van der Waals surface area contributed by atoms with Crippen molar-refractivity contribution in [2.45, 2.75) is 32.9 Å². The number of halogens is 1. The summed E-state index contributed by atoms with van der Waals surface area (Å²) in [7, 11) is 0. The Balaban J connectivity index is 2.10. The number of furan rings is 1. The molecule has 0 unspecified atom stereocenters. The van der Waals surface area contributed by atoms with Gasteiger partial charge in [0.2, 0.25) is 5.91 Å². The molecule has 5 heteroatoms. The van der Waals surface area contributed by atoms with Gasteiger partial charge in [0.1, 0.15) is 5.76 Å². The van der Waals surface area contributed by atoms with Crippen LogP contribution in [0.25, 0.3) is 0 Å². The molecule has 1 heterocycles. The molecule has 1 aromatic rings. The maximum atomic E-state index is 11.3. The van der Waals surface area contributed by atoms with Crippen molar-refractivity contribution in [2.75, 3.05) is 6.54 Å². The highest BCUT2D eigenvalue weighted by atomic mass is 127. The molecule has 0 aliphatic rings. The maximum Gasteiger partial charge on any atom is 0.221 e. The summed E-state index contributed by atoms with van der Waals surface area (Å²) in [5.74, 6) is 0.977. The number of hydrogen-bond acceptors (Lipinski definition) is 3. The van der Waals surface area contributed by atoms with E-state index in [1.165, 1.54) is 0 Å². The fraction of sp³-hybridized carbons (Fsp3) is 0.545. The highest BCUT2D eigenvalue weighted by Gasteiger charge is 2.03. The lowest BCUT2D eigenvalue weighted by Crippen LogP contribution is -2.32. The first-order chi connectivity index (χ1) is 7.58. The molecule has 1 aromatic heterocycles. The van der Waals surface area contributed by atoms with Gasteiger partial charge < -0.3 is 15.1 Å². The van der Waals surface area contributed by atoms with Gasteiger partial charge in [0.25, 0.3) is 0 Å². The molecule has 0 saturated heterocycles. The van der Waals surface area contributed by atoms with Crippen molar-refractivity contribution in [3.05, 3.63) is 21.7 Å². The summed E-state index contributed by atoms with van der Waals surface area (Å²) in [5, 5.41) is 6.00. The number of carbonyl (C=O) groups is 1. The van der Waals surface area contributed by atoms with Crippen LogP contribution >= 0.6 is 22.6 Å². The van der Waals surface area contributed by atoms with E-state index in [2.05, 4.69) is 33.2 Å².